The van der Waals surface area contributed by atoms with E-state index in [-0.39, 0.29) is 19.0 Å². The highest BCUT2D eigenvalue weighted by atomic mass is 16.6. The molecule has 0 bridgehead atoms. The number of hydrogen-bond donors (Lipinski definition) is 4. The van der Waals surface area contributed by atoms with Crippen molar-refractivity contribution in [2.75, 3.05) is 25.6 Å². The van der Waals surface area contributed by atoms with Crippen molar-refractivity contribution < 1.29 is 38.9 Å². The molecular formula is C23H26N2O8. The Labute approximate surface area is 190 Å². The van der Waals surface area contributed by atoms with Crippen LogP contribution in [0.5, 0.6) is 5.75 Å². The number of Topliss-reactive ketones (excluding diaryl/α,β-unsaturated/α-hetero) is 1. The van der Waals surface area contributed by atoms with Gasteiger partial charge in [-0.15, -0.1) is 0 Å². The Morgan fingerprint density at radius 3 is 2.39 bits per heavy atom. The van der Waals surface area contributed by atoms with Gasteiger partial charge < -0.3 is 19.3 Å². The molecule has 0 saturated heterocycles. The number of methoxy groups -OCH3 is 1. The molecule has 0 fully saturated rings. The molecular weight excluding hydrogens is 432 g/mol. The van der Waals surface area contributed by atoms with Gasteiger partial charge in [0.15, 0.2) is 11.9 Å². The maximum absolute atomic E-state index is 12.7. The molecule has 0 spiro atoms. The quantitative estimate of drug-likeness (QED) is 0.174. The summed E-state index contributed by atoms with van der Waals surface area (Å²) in [7, 11) is 1.36. The van der Waals surface area contributed by atoms with Gasteiger partial charge in [0, 0.05) is 30.0 Å². The fourth-order valence-electron chi connectivity index (χ4n) is 2.88. The van der Waals surface area contributed by atoms with Crippen LogP contribution < -0.4 is 15.5 Å². The monoisotopic (exact) mass is 458 g/mol. The lowest BCUT2D eigenvalue weighted by Crippen LogP contribution is -2.28. The second-order valence-corrected chi connectivity index (χ2v) is 6.73. The van der Waals surface area contributed by atoms with Crippen molar-refractivity contribution >= 4 is 23.5 Å². The molecule has 0 aromatic heterocycles. The number of nitrogens with one attached hydrogen (secondary N) is 2. The molecule has 2 atom stereocenters. The minimum atomic E-state index is -1.07. The minimum Gasteiger partial charge on any atom is -0.491 e. The first-order chi connectivity index (χ1) is 15.9. The van der Waals surface area contributed by atoms with Crippen molar-refractivity contribution in [1.82, 2.24) is 5.48 Å². The van der Waals surface area contributed by atoms with Gasteiger partial charge >= 0.3 is 6.09 Å². The van der Waals surface area contributed by atoms with E-state index in [1.807, 2.05) is 0 Å². The highest BCUT2D eigenvalue weighted by molar-refractivity contribution is 5.95. The second-order valence-electron chi connectivity index (χ2n) is 6.73. The maximum atomic E-state index is 12.7. The van der Waals surface area contributed by atoms with Crippen molar-refractivity contribution in [2.24, 2.45) is 0 Å². The van der Waals surface area contributed by atoms with Crippen molar-refractivity contribution in [3.05, 3.63) is 71.8 Å². The number of ether oxygens (including phenoxy) is 3. The van der Waals surface area contributed by atoms with Gasteiger partial charge in [0.25, 0.3) is 5.91 Å². The highest BCUT2D eigenvalue weighted by Gasteiger charge is 2.28. The van der Waals surface area contributed by atoms with E-state index in [0.717, 1.165) is 6.08 Å². The summed E-state index contributed by atoms with van der Waals surface area (Å²) in [6, 6.07) is 13.0. The third kappa shape index (κ3) is 7.72. The highest BCUT2D eigenvalue weighted by Crippen LogP contribution is 2.32. The van der Waals surface area contributed by atoms with E-state index in [0.29, 0.717) is 22.6 Å². The van der Waals surface area contributed by atoms with Crippen LogP contribution in [0, 0.1) is 0 Å². The molecule has 2 aromatic rings. The van der Waals surface area contributed by atoms with Gasteiger partial charge in [-0.1, -0.05) is 18.2 Å². The zero-order chi connectivity index (χ0) is 24.2. The van der Waals surface area contributed by atoms with E-state index >= 15 is 0 Å². The molecule has 2 rings (SSSR count). The molecule has 0 radical (unpaired) electrons. The fraction of sp³-hybridized carbons (Fsp3) is 0.261. The predicted molar refractivity (Wildman–Crippen MR) is 118 cm³/mol. The number of carbonyl (C=O) groups excluding carboxylic acids is 3. The van der Waals surface area contributed by atoms with E-state index < -0.39 is 24.2 Å². The first kappa shape index (κ1) is 25.5. The summed E-state index contributed by atoms with van der Waals surface area (Å²) in [6.07, 6.45) is -0.487. The zero-order valence-electron chi connectivity index (χ0n) is 18.2. The molecule has 0 unspecified atom stereocenters. The molecule has 4 N–H and O–H groups in total. The lowest BCUT2D eigenvalue weighted by atomic mass is 10.0. The number of benzene rings is 2. The molecule has 0 saturated carbocycles. The Balaban J connectivity index is 2.32. The normalized spacial score (nSPS) is 12.6. The van der Waals surface area contributed by atoms with E-state index in [2.05, 4.69) is 5.32 Å². The van der Waals surface area contributed by atoms with E-state index in [1.54, 1.807) is 48.5 Å². The summed E-state index contributed by atoms with van der Waals surface area (Å²) in [6.45, 7) is 1.23. The Morgan fingerprint density at radius 1 is 1.09 bits per heavy atom. The summed E-state index contributed by atoms with van der Waals surface area (Å²) < 4.78 is 16.6. The summed E-state index contributed by atoms with van der Waals surface area (Å²) >= 11 is 0. The number of carbonyl (C=O) groups is 3. The molecule has 10 heteroatoms. The van der Waals surface area contributed by atoms with Gasteiger partial charge in [-0.2, -0.15) is 0 Å². The van der Waals surface area contributed by atoms with Crippen LogP contribution in [0.15, 0.2) is 60.7 Å². The van der Waals surface area contributed by atoms with Gasteiger partial charge in [0.1, 0.15) is 18.5 Å². The van der Waals surface area contributed by atoms with Crippen molar-refractivity contribution in [1.29, 1.82) is 0 Å². The number of hydrogen-bond acceptors (Lipinski definition) is 8. The largest absolute Gasteiger partial charge is 0.491 e. The number of amides is 2. The van der Waals surface area contributed by atoms with Crippen LogP contribution in [0.1, 0.15) is 28.9 Å². The number of hydroxylamine groups is 1. The van der Waals surface area contributed by atoms with Gasteiger partial charge in [-0.05, 0) is 43.3 Å². The topological polar surface area (TPSA) is 143 Å². The van der Waals surface area contributed by atoms with Crippen LogP contribution in [0.25, 0.3) is 0 Å². The zero-order valence-corrected chi connectivity index (χ0v) is 18.2. The van der Waals surface area contributed by atoms with Crippen LogP contribution >= 0.6 is 0 Å². The fourth-order valence-corrected chi connectivity index (χ4v) is 2.88. The van der Waals surface area contributed by atoms with Crippen molar-refractivity contribution in [3.63, 3.8) is 0 Å². The van der Waals surface area contributed by atoms with Crippen LogP contribution in [0.2, 0.25) is 0 Å². The Kier molecular flexibility index (Phi) is 10.0. The molecule has 176 valence electrons. The van der Waals surface area contributed by atoms with Gasteiger partial charge in [0.05, 0.1) is 6.61 Å². The summed E-state index contributed by atoms with van der Waals surface area (Å²) in [5.74, 6) is -0.557. The Bertz CT molecular complexity index is 975. The van der Waals surface area contributed by atoms with Gasteiger partial charge in [-0.25, -0.2) is 10.3 Å². The molecule has 0 aliphatic rings. The first-order valence-electron chi connectivity index (χ1n) is 9.95. The number of anilines is 1. The third-order valence-electron chi connectivity index (χ3n) is 4.46. The molecule has 33 heavy (non-hydrogen) atoms. The third-order valence-corrected chi connectivity index (χ3v) is 4.46. The number of aliphatic hydroxyl groups excluding tert-OH is 1. The van der Waals surface area contributed by atoms with Crippen molar-refractivity contribution in [2.45, 2.75) is 19.1 Å². The Hall–Kier alpha value is -3.73. The number of para-hydroxylation sites is 1. The molecule has 2 amide bonds. The van der Waals surface area contributed by atoms with Crippen LogP contribution in [0.3, 0.4) is 0 Å². The molecule has 0 aliphatic carbocycles. The second kappa shape index (κ2) is 13.0. The summed E-state index contributed by atoms with van der Waals surface area (Å²) in [5.41, 5.74) is 2.79. The number of ketones is 1. The average Bonchev–Trinajstić information content (AvgIpc) is 2.82. The molecule has 2 aromatic carbocycles. The van der Waals surface area contributed by atoms with Gasteiger partial charge in [0.2, 0.25) is 0 Å². The lowest BCUT2D eigenvalue weighted by Gasteiger charge is -2.26. The lowest BCUT2D eigenvalue weighted by molar-refractivity contribution is -0.124. The predicted octanol–water partition coefficient (Wildman–Crippen LogP) is 2.63. The molecule has 10 nitrogen and oxygen atoms in total. The van der Waals surface area contributed by atoms with E-state index in [9.17, 15) is 14.4 Å². The minimum absolute atomic E-state index is 0.0127. The average molecular weight is 458 g/mol. The Morgan fingerprint density at radius 2 is 1.79 bits per heavy atom. The first-order valence-corrected chi connectivity index (χ1v) is 9.95. The maximum Gasteiger partial charge on any atom is 0.412 e. The van der Waals surface area contributed by atoms with Gasteiger partial charge in [-0.3, -0.25) is 20.1 Å². The summed E-state index contributed by atoms with van der Waals surface area (Å²) in [4.78, 5) is 35.5. The molecule has 0 heterocycles. The number of aliphatic hydroxyl groups is 1. The van der Waals surface area contributed by atoms with Crippen molar-refractivity contribution in [3.8, 4) is 5.75 Å². The molecule has 0 aliphatic heterocycles. The SMILES string of the molecule is CO[C@@H](/C=C/C(=O)NO)[C@@H](OC(=O)Nc1ccc(C(C)=O)cc1)c1ccccc1OCCO. The summed E-state index contributed by atoms with van der Waals surface area (Å²) in [5, 5.41) is 20.4. The standard InChI is InChI=1S/C23H26N2O8/c1-15(27)16-7-9-17(10-8-16)24-23(29)33-22(20(31-2)11-12-21(28)25-30)18-5-3-4-6-19(18)32-14-13-26/h3-12,20,22,26,30H,13-14H2,1-2H3,(H,24,29)(H,25,28)/b12-11+/t20-,22-/m0/s1. The smallest absolute Gasteiger partial charge is 0.412 e. The van der Waals surface area contributed by atoms with Crippen LogP contribution in [-0.2, 0) is 14.3 Å². The van der Waals surface area contributed by atoms with Crippen LogP contribution in [0.4, 0.5) is 10.5 Å². The van der Waals surface area contributed by atoms with E-state index in [1.165, 1.54) is 25.6 Å². The number of rotatable bonds is 11. The van der Waals surface area contributed by atoms with Crippen LogP contribution in [-0.4, -0.2) is 54.5 Å². The van der Waals surface area contributed by atoms with E-state index in [4.69, 9.17) is 24.5 Å².